The van der Waals surface area contributed by atoms with Gasteiger partial charge in [-0.15, -0.1) is 0 Å². The molecular weight excluding hydrogens is 459 g/mol. The minimum absolute atomic E-state index is 0.112. The molecule has 2 heterocycles. The summed E-state index contributed by atoms with van der Waals surface area (Å²) < 4.78 is 20.4. The number of benzene rings is 3. The molecule has 8 heteroatoms. The van der Waals surface area contributed by atoms with Gasteiger partial charge in [0, 0.05) is 16.8 Å². The van der Waals surface area contributed by atoms with Crippen LogP contribution >= 0.6 is 0 Å². The van der Waals surface area contributed by atoms with Gasteiger partial charge in [0.2, 0.25) is 6.17 Å². The lowest BCUT2D eigenvalue weighted by Gasteiger charge is -2.24. The Morgan fingerprint density at radius 2 is 1.78 bits per heavy atom. The zero-order chi connectivity index (χ0) is 25.1. The molecule has 1 atom stereocenters. The summed E-state index contributed by atoms with van der Waals surface area (Å²) in [5, 5.41) is 5.39. The van der Waals surface area contributed by atoms with Crippen LogP contribution in [0.25, 0.3) is 0 Å². The second kappa shape index (κ2) is 9.87. The third-order valence-corrected chi connectivity index (χ3v) is 5.77. The highest BCUT2D eigenvalue weighted by molar-refractivity contribution is 6.20. The maximum Gasteiger partial charge on any atom is 0.321 e. The van der Waals surface area contributed by atoms with Crippen LogP contribution in [0.3, 0.4) is 0 Å². The number of halogens is 1. The first kappa shape index (κ1) is 23.0. The van der Waals surface area contributed by atoms with Gasteiger partial charge in [-0.25, -0.2) is 14.2 Å². The van der Waals surface area contributed by atoms with Crippen molar-refractivity contribution < 1.29 is 18.4 Å². The molecule has 1 aliphatic rings. The number of benzodiazepines with no additional fused rings is 1. The molecule has 7 nitrogen and oxygen atoms in total. The van der Waals surface area contributed by atoms with E-state index in [1.54, 1.807) is 60.7 Å². The molecule has 0 bridgehead atoms. The van der Waals surface area contributed by atoms with Crippen molar-refractivity contribution in [2.24, 2.45) is 4.99 Å². The maximum absolute atomic E-state index is 14.9. The van der Waals surface area contributed by atoms with Crippen LogP contribution in [0.5, 0.6) is 0 Å². The first-order chi connectivity index (χ1) is 17.5. The van der Waals surface area contributed by atoms with Gasteiger partial charge in [0.05, 0.1) is 24.2 Å². The molecule has 0 spiro atoms. The fraction of sp³-hybridized carbons (Fsp3) is 0.107. The summed E-state index contributed by atoms with van der Waals surface area (Å²) in [6, 6.07) is 23.5. The summed E-state index contributed by atoms with van der Waals surface area (Å²) in [7, 11) is 0. The fourth-order valence-electron chi connectivity index (χ4n) is 4.13. The topological polar surface area (TPSA) is 86.9 Å². The molecule has 0 unspecified atom stereocenters. The van der Waals surface area contributed by atoms with Crippen molar-refractivity contribution in [2.75, 3.05) is 10.2 Å². The molecule has 0 fully saturated rings. The van der Waals surface area contributed by atoms with E-state index in [-0.39, 0.29) is 17.8 Å². The lowest BCUT2D eigenvalue weighted by molar-refractivity contribution is -0.120. The number of rotatable bonds is 5. The van der Waals surface area contributed by atoms with Crippen LogP contribution in [0.4, 0.5) is 20.6 Å². The van der Waals surface area contributed by atoms with Gasteiger partial charge in [0.15, 0.2) is 0 Å². The number of furan rings is 1. The SMILES string of the molecule is Cc1cccc(NC(=O)N[C@@H]2N=C(c3ccccc3F)c3ccccc3N(Cc3ccco3)C2=O)c1. The van der Waals surface area contributed by atoms with Gasteiger partial charge in [-0.2, -0.15) is 0 Å². The second-order valence-electron chi connectivity index (χ2n) is 8.35. The molecule has 180 valence electrons. The summed E-state index contributed by atoms with van der Waals surface area (Å²) in [6.07, 6.45) is 0.210. The summed E-state index contributed by atoms with van der Waals surface area (Å²) in [4.78, 5) is 32.8. The van der Waals surface area contributed by atoms with E-state index in [0.717, 1.165) is 5.56 Å². The third-order valence-electron chi connectivity index (χ3n) is 5.77. The van der Waals surface area contributed by atoms with E-state index in [2.05, 4.69) is 15.6 Å². The number of anilines is 2. The van der Waals surface area contributed by atoms with Gasteiger partial charge in [0.25, 0.3) is 5.91 Å². The number of fused-ring (bicyclic) bond motifs is 1. The normalized spacial score (nSPS) is 15.1. The molecule has 3 amide bonds. The average molecular weight is 483 g/mol. The number of carbonyl (C=O) groups is 2. The Morgan fingerprint density at radius 3 is 2.53 bits per heavy atom. The van der Waals surface area contributed by atoms with Crippen molar-refractivity contribution in [1.82, 2.24) is 5.32 Å². The number of carbonyl (C=O) groups excluding carboxylic acids is 2. The summed E-state index contributed by atoms with van der Waals surface area (Å²) in [6.45, 7) is 2.02. The van der Waals surface area contributed by atoms with Crippen molar-refractivity contribution in [2.45, 2.75) is 19.6 Å². The van der Waals surface area contributed by atoms with Crippen LogP contribution in [-0.2, 0) is 11.3 Å². The number of hydrogen-bond acceptors (Lipinski definition) is 4. The molecule has 0 saturated heterocycles. The number of urea groups is 1. The molecule has 3 aromatic carbocycles. The number of nitrogens with one attached hydrogen (secondary N) is 2. The number of hydrogen-bond donors (Lipinski definition) is 2. The Hall–Kier alpha value is -4.72. The number of para-hydroxylation sites is 1. The van der Waals surface area contributed by atoms with Gasteiger partial charge >= 0.3 is 6.03 Å². The minimum Gasteiger partial charge on any atom is -0.467 e. The molecule has 1 aliphatic heterocycles. The van der Waals surface area contributed by atoms with Crippen LogP contribution in [-0.4, -0.2) is 23.8 Å². The molecule has 0 aliphatic carbocycles. The number of nitrogens with zero attached hydrogens (tertiary/aromatic N) is 2. The maximum atomic E-state index is 14.9. The first-order valence-electron chi connectivity index (χ1n) is 11.4. The molecule has 4 aromatic rings. The van der Waals surface area contributed by atoms with E-state index in [0.29, 0.717) is 22.7 Å². The van der Waals surface area contributed by atoms with E-state index in [4.69, 9.17) is 4.42 Å². The zero-order valence-corrected chi connectivity index (χ0v) is 19.4. The molecule has 2 N–H and O–H groups in total. The van der Waals surface area contributed by atoms with Crippen LogP contribution in [0.1, 0.15) is 22.5 Å². The second-order valence-corrected chi connectivity index (χ2v) is 8.35. The summed E-state index contributed by atoms with van der Waals surface area (Å²) in [5.74, 6) is -0.416. The Bertz CT molecular complexity index is 1450. The molecule has 0 radical (unpaired) electrons. The smallest absolute Gasteiger partial charge is 0.321 e. The number of amides is 3. The standard InChI is InChI=1S/C28H23FN4O3/c1-18-8-6-9-19(16-18)30-28(35)32-26-27(34)33(17-20-10-7-15-36-20)24-14-5-3-12-22(24)25(31-26)21-11-2-4-13-23(21)29/h2-16,26H,17H2,1H3,(H2,30,32,35)/t26-/m0/s1. The first-order valence-corrected chi connectivity index (χ1v) is 11.4. The minimum atomic E-state index is -1.31. The average Bonchev–Trinajstić information content (AvgIpc) is 3.35. The van der Waals surface area contributed by atoms with Gasteiger partial charge in [0.1, 0.15) is 11.6 Å². The Balaban J connectivity index is 1.57. The zero-order valence-electron chi connectivity index (χ0n) is 19.4. The summed E-state index contributed by atoms with van der Waals surface area (Å²) >= 11 is 0. The van der Waals surface area contributed by atoms with E-state index in [9.17, 15) is 14.0 Å². The largest absolute Gasteiger partial charge is 0.467 e. The Kier molecular flexibility index (Phi) is 6.32. The molecule has 5 rings (SSSR count). The fourth-order valence-corrected chi connectivity index (χ4v) is 4.13. The van der Waals surface area contributed by atoms with Gasteiger partial charge in [-0.05, 0) is 55.0 Å². The van der Waals surface area contributed by atoms with E-state index in [1.165, 1.54) is 17.2 Å². The van der Waals surface area contributed by atoms with Crippen molar-refractivity contribution in [3.63, 3.8) is 0 Å². The lowest BCUT2D eigenvalue weighted by Crippen LogP contribution is -2.48. The highest BCUT2D eigenvalue weighted by Crippen LogP contribution is 2.30. The third kappa shape index (κ3) is 4.74. The van der Waals surface area contributed by atoms with Gasteiger partial charge in [-0.1, -0.05) is 42.5 Å². The molecule has 1 aromatic heterocycles. The predicted octanol–water partition coefficient (Wildman–Crippen LogP) is 5.26. The van der Waals surface area contributed by atoms with Crippen LogP contribution in [0, 0.1) is 12.7 Å². The number of aryl methyl sites for hydroxylation is 1. The highest BCUT2D eigenvalue weighted by atomic mass is 19.1. The lowest BCUT2D eigenvalue weighted by atomic mass is 9.99. The van der Waals surface area contributed by atoms with Crippen molar-refractivity contribution in [3.05, 3.63) is 119 Å². The Morgan fingerprint density at radius 1 is 1.00 bits per heavy atom. The van der Waals surface area contributed by atoms with Crippen LogP contribution < -0.4 is 15.5 Å². The van der Waals surface area contributed by atoms with Gasteiger partial charge < -0.3 is 20.0 Å². The van der Waals surface area contributed by atoms with Crippen molar-refractivity contribution in [1.29, 1.82) is 0 Å². The highest BCUT2D eigenvalue weighted by Gasteiger charge is 2.34. The van der Waals surface area contributed by atoms with Crippen molar-refractivity contribution in [3.8, 4) is 0 Å². The quantitative estimate of drug-likeness (QED) is 0.407. The Labute approximate surface area is 207 Å². The molecular formula is C28H23FN4O3. The van der Waals surface area contributed by atoms with Gasteiger partial charge in [-0.3, -0.25) is 4.79 Å². The van der Waals surface area contributed by atoms with E-state index >= 15 is 0 Å². The van der Waals surface area contributed by atoms with Crippen LogP contribution in [0.15, 0.2) is 101 Å². The number of aliphatic imine (C=N–C) groups is 1. The summed E-state index contributed by atoms with van der Waals surface area (Å²) in [5.41, 5.74) is 3.12. The monoisotopic (exact) mass is 482 g/mol. The van der Waals surface area contributed by atoms with E-state index in [1.807, 2.05) is 25.1 Å². The predicted molar refractivity (Wildman–Crippen MR) is 136 cm³/mol. The molecule has 0 saturated carbocycles. The van der Waals surface area contributed by atoms with Crippen LogP contribution in [0.2, 0.25) is 0 Å². The molecule has 36 heavy (non-hydrogen) atoms. The van der Waals surface area contributed by atoms with Crippen molar-refractivity contribution >= 4 is 29.0 Å². The van der Waals surface area contributed by atoms with E-state index < -0.39 is 23.9 Å².